The summed E-state index contributed by atoms with van der Waals surface area (Å²) in [4.78, 5) is 15.4. The third-order valence-electron chi connectivity index (χ3n) is 3.70. The zero-order valence-electron chi connectivity index (χ0n) is 11.9. The lowest BCUT2D eigenvalue weighted by molar-refractivity contribution is -0.132. The fourth-order valence-corrected chi connectivity index (χ4v) is 3.35. The summed E-state index contributed by atoms with van der Waals surface area (Å²) >= 11 is 1.82. The molecule has 0 spiro atoms. The van der Waals surface area contributed by atoms with Gasteiger partial charge in [0.1, 0.15) is 0 Å². The maximum absolute atomic E-state index is 12.0. The molecule has 2 heterocycles. The SMILES string of the molecule is Cl.NC1CCCN(C(=O)CCCCCc2cccs2)C1. The Labute approximate surface area is 131 Å². The highest BCUT2D eigenvalue weighted by atomic mass is 35.5. The second-order valence-corrected chi connectivity index (χ2v) is 6.41. The van der Waals surface area contributed by atoms with Crippen molar-refractivity contribution in [1.82, 2.24) is 4.90 Å². The lowest BCUT2D eigenvalue weighted by Gasteiger charge is -2.30. The van der Waals surface area contributed by atoms with E-state index in [0.29, 0.717) is 12.3 Å². The van der Waals surface area contributed by atoms with E-state index in [2.05, 4.69) is 17.5 Å². The molecule has 1 aromatic rings. The van der Waals surface area contributed by atoms with Gasteiger partial charge in [-0.15, -0.1) is 23.7 Å². The Bertz CT molecular complexity index is 383. The first-order valence-corrected chi connectivity index (χ1v) is 8.19. The van der Waals surface area contributed by atoms with Crippen LogP contribution in [-0.2, 0) is 11.2 Å². The maximum Gasteiger partial charge on any atom is 0.222 e. The van der Waals surface area contributed by atoms with Gasteiger partial charge in [-0.2, -0.15) is 0 Å². The van der Waals surface area contributed by atoms with Crippen molar-refractivity contribution in [2.24, 2.45) is 5.73 Å². The van der Waals surface area contributed by atoms with Crippen LogP contribution in [0.25, 0.3) is 0 Å². The van der Waals surface area contributed by atoms with E-state index < -0.39 is 0 Å². The first-order chi connectivity index (χ1) is 9.25. The summed E-state index contributed by atoms with van der Waals surface area (Å²) in [7, 11) is 0. The standard InChI is InChI=1S/C15H24N2OS.ClH/c16-13-6-4-10-17(12-13)15(18)9-3-1-2-7-14-8-5-11-19-14;/h5,8,11,13H,1-4,6-7,9-10,12,16H2;1H. The molecule has 5 heteroatoms. The monoisotopic (exact) mass is 316 g/mol. The molecule has 20 heavy (non-hydrogen) atoms. The second-order valence-electron chi connectivity index (χ2n) is 5.38. The average molecular weight is 317 g/mol. The van der Waals surface area contributed by atoms with E-state index in [1.54, 1.807) is 0 Å². The summed E-state index contributed by atoms with van der Waals surface area (Å²) in [5.74, 6) is 0.297. The molecule has 114 valence electrons. The molecule has 0 aromatic carbocycles. The molecule has 0 saturated carbocycles. The van der Waals surface area contributed by atoms with Gasteiger partial charge < -0.3 is 10.6 Å². The molecule has 1 aromatic heterocycles. The van der Waals surface area contributed by atoms with Crippen LogP contribution in [0.1, 0.15) is 43.4 Å². The van der Waals surface area contributed by atoms with E-state index in [1.807, 2.05) is 16.2 Å². The van der Waals surface area contributed by atoms with Gasteiger partial charge in [0.15, 0.2) is 0 Å². The fraction of sp³-hybridized carbons (Fsp3) is 0.667. The van der Waals surface area contributed by atoms with Gasteiger partial charge in [0, 0.05) is 30.4 Å². The van der Waals surface area contributed by atoms with E-state index in [4.69, 9.17) is 5.73 Å². The number of hydrogen-bond donors (Lipinski definition) is 1. The molecule has 2 rings (SSSR count). The van der Waals surface area contributed by atoms with Crippen molar-refractivity contribution >= 4 is 29.7 Å². The van der Waals surface area contributed by atoms with Gasteiger partial charge in [-0.1, -0.05) is 12.5 Å². The highest BCUT2D eigenvalue weighted by Gasteiger charge is 2.20. The van der Waals surface area contributed by atoms with Gasteiger partial charge >= 0.3 is 0 Å². The number of piperidine rings is 1. The minimum absolute atomic E-state index is 0. The molecule has 0 bridgehead atoms. The first-order valence-electron chi connectivity index (χ1n) is 7.31. The zero-order chi connectivity index (χ0) is 13.5. The molecule has 1 saturated heterocycles. The van der Waals surface area contributed by atoms with E-state index in [0.717, 1.165) is 45.2 Å². The van der Waals surface area contributed by atoms with Crippen molar-refractivity contribution in [1.29, 1.82) is 0 Å². The van der Waals surface area contributed by atoms with Crippen LogP contribution in [0.2, 0.25) is 0 Å². The molecule has 1 atom stereocenters. The highest BCUT2D eigenvalue weighted by molar-refractivity contribution is 7.09. The van der Waals surface area contributed by atoms with Crippen molar-refractivity contribution in [2.75, 3.05) is 13.1 Å². The summed E-state index contributed by atoms with van der Waals surface area (Å²) in [5.41, 5.74) is 5.90. The Morgan fingerprint density at radius 1 is 1.40 bits per heavy atom. The summed E-state index contributed by atoms with van der Waals surface area (Å²) in [6.07, 6.45) is 7.31. The topological polar surface area (TPSA) is 46.3 Å². The number of likely N-dealkylation sites (tertiary alicyclic amines) is 1. The van der Waals surface area contributed by atoms with Gasteiger partial charge in [0.25, 0.3) is 0 Å². The van der Waals surface area contributed by atoms with E-state index in [-0.39, 0.29) is 18.4 Å². The van der Waals surface area contributed by atoms with Crippen molar-refractivity contribution < 1.29 is 4.79 Å². The Morgan fingerprint density at radius 2 is 2.25 bits per heavy atom. The smallest absolute Gasteiger partial charge is 0.222 e. The minimum atomic E-state index is 0. The van der Waals surface area contributed by atoms with Gasteiger partial charge in [-0.05, 0) is 43.6 Å². The number of nitrogens with zero attached hydrogens (tertiary/aromatic N) is 1. The van der Waals surface area contributed by atoms with E-state index >= 15 is 0 Å². The molecule has 1 aliphatic rings. The molecular weight excluding hydrogens is 292 g/mol. The molecular formula is C15H25ClN2OS. The lowest BCUT2D eigenvalue weighted by Crippen LogP contribution is -2.45. The van der Waals surface area contributed by atoms with Gasteiger partial charge in [0.05, 0.1) is 0 Å². The molecule has 1 unspecified atom stereocenters. The van der Waals surface area contributed by atoms with E-state index in [9.17, 15) is 4.79 Å². The van der Waals surface area contributed by atoms with Gasteiger partial charge in [-0.3, -0.25) is 4.79 Å². The first kappa shape index (κ1) is 17.5. The predicted molar refractivity (Wildman–Crippen MR) is 87.5 cm³/mol. The number of unbranched alkanes of at least 4 members (excludes halogenated alkanes) is 2. The number of carbonyl (C=O) groups excluding carboxylic acids is 1. The Kier molecular flexibility index (Phi) is 8.19. The van der Waals surface area contributed by atoms with Crippen LogP contribution in [0.5, 0.6) is 0 Å². The van der Waals surface area contributed by atoms with Crippen LogP contribution in [0, 0.1) is 0 Å². The molecule has 2 N–H and O–H groups in total. The highest BCUT2D eigenvalue weighted by Crippen LogP contribution is 2.15. The molecule has 1 amide bonds. The number of nitrogens with two attached hydrogens (primary N) is 1. The van der Waals surface area contributed by atoms with Crippen LogP contribution in [0.15, 0.2) is 17.5 Å². The van der Waals surface area contributed by atoms with E-state index in [1.165, 1.54) is 11.3 Å². The number of halogens is 1. The molecule has 0 radical (unpaired) electrons. The molecule has 3 nitrogen and oxygen atoms in total. The summed E-state index contributed by atoms with van der Waals surface area (Å²) < 4.78 is 0. The number of aryl methyl sites for hydroxylation is 1. The van der Waals surface area contributed by atoms with Crippen molar-refractivity contribution in [3.63, 3.8) is 0 Å². The normalized spacial score (nSPS) is 18.6. The van der Waals surface area contributed by atoms with Crippen LogP contribution < -0.4 is 5.73 Å². The number of thiophene rings is 1. The quantitative estimate of drug-likeness (QED) is 0.819. The number of rotatable bonds is 6. The van der Waals surface area contributed by atoms with Gasteiger partial charge in [-0.25, -0.2) is 0 Å². The Balaban J connectivity index is 0.00000200. The van der Waals surface area contributed by atoms with Crippen LogP contribution in [0.4, 0.5) is 0 Å². The minimum Gasteiger partial charge on any atom is -0.341 e. The van der Waals surface area contributed by atoms with Crippen LogP contribution >= 0.6 is 23.7 Å². The number of hydrogen-bond acceptors (Lipinski definition) is 3. The summed E-state index contributed by atoms with van der Waals surface area (Å²) in [5, 5.41) is 2.12. The Hall–Kier alpha value is -0.580. The number of amides is 1. The molecule has 1 aliphatic heterocycles. The number of carbonyl (C=O) groups is 1. The Morgan fingerprint density at radius 3 is 2.95 bits per heavy atom. The largest absolute Gasteiger partial charge is 0.341 e. The van der Waals surface area contributed by atoms with Gasteiger partial charge in [0.2, 0.25) is 5.91 Å². The average Bonchev–Trinajstić information content (AvgIpc) is 2.91. The predicted octanol–water partition coefficient (Wildman–Crippen LogP) is 3.22. The van der Waals surface area contributed by atoms with Crippen LogP contribution in [-0.4, -0.2) is 29.9 Å². The van der Waals surface area contributed by atoms with Crippen molar-refractivity contribution in [2.45, 2.75) is 51.0 Å². The fourth-order valence-electron chi connectivity index (χ4n) is 2.60. The lowest BCUT2D eigenvalue weighted by atomic mass is 10.1. The zero-order valence-corrected chi connectivity index (χ0v) is 13.6. The third-order valence-corrected chi connectivity index (χ3v) is 4.64. The van der Waals surface area contributed by atoms with Crippen molar-refractivity contribution in [3.8, 4) is 0 Å². The maximum atomic E-state index is 12.0. The van der Waals surface area contributed by atoms with Crippen LogP contribution in [0.3, 0.4) is 0 Å². The second kappa shape index (κ2) is 9.37. The summed E-state index contributed by atoms with van der Waals surface area (Å²) in [6, 6.07) is 4.48. The third kappa shape index (κ3) is 5.81. The summed E-state index contributed by atoms with van der Waals surface area (Å²) in [6.45, 7) is 1.66. The molecule has 1 fully saturated rings. The molecule has 0 aliphatic carbocycles. The van der Waals surface area contributed by atoms with Crippen molar-refractivity contribution in [3.05, 3.63) is 22.4 Å².